The van der Waals surface area contributed by atoms with Crippen molar-refractivity contribution in [1.82, 2.24) is 10.6 Å². The van der Waals surface area contributed by atoms with E-state index < -0.39 is 0 Å². The van der Waals surface area contributed by atoms with E-state index in [1.54, 1.807) is 7.11 Å². The summed E-state index contributed by atoms with van der Waals surface area (Å²) in [6.45, 7) is 6.39. The largest absolute Gasteiger partial charge is 0.495 e. The van der Waals surface area contributed by atoms with Gasteiger partial charge in [0.25, 0.3) is 5.91 Å². The van der Waals surface area contributed by atoms with Gasteiger partial charge < -0.3 is 25.2 Å². The molecule has 0 unspecified atom stereocenters. The molecule has 1 heterocycles. The van der Waals surface area contributed by atoms with Crippen molar-refractivity contribution in [3.05, 3.63) is 24.3 Å². The Kier molecular flexibility index (Phi) is 6.87. The third-order valence-corrected chi connectivity index (χ3v) is 4.13. The molecule has 0 aliphatic carbocycles. The predicted octanol–water partition coefficient (Wildman–Crippen LogP) is -1.35. The van der Waals surface area contributed by atoms with Crippen LogP contribution in [0.5, 0.6) is 5.75 Å². The topological polar surface area (TPSA) is 75.1 Å². The normalized spacial score (nSPS) is 15.0. The summed E-state index contributed by atoms with van der Waals surface area (Å²) in [5.74, 6) is 0.643. The van der Waals surface area contributed by atoms with Crippen LogP contribution in [-0.2, 0) is 9.59 Å². The lowest BCUT2D eigenvalue weighted by Crippen LogP contribution is -3.16. The molecule has 1 aliphatic heterocycles. The number of para-hydroxylation sites is 2. The number of rotatable bonds is 7. The SMILES string of the molecule is CCNC(=O)CNC(=O)C[NH+]1CCN(c2ccccc2OC)CC1. The van der Waals surface area contributed by atoms with Gasteiger partial charge in [0, 0.05) is 6.54 Å². The standard InChI is InChI=1S/C17H26N4O3/c1-3-18-16(22)12-19-17(23)13-20-8-10-21(11-9-20)14-6-4-5-7-15(14)24-2/h4-7H,3,8-13H2,1-2H3,(H,18,22)(H,19,23)/p+1. The maximum Gasteiger partial charge on any atom is 0.275 e. The third kappa shape index (κ3) is 5.13. The molecule has 0 bridgehead atoms. The molecule has 0 atom stereocenters. The van der Waals surface area contributed by atoms with Crippen LogP contribution < -0.4 is 25.2 Å². The van der Waals surface area contributed by atoms with Gasteiger partial charge in [0.15, 0.2) is 6.54 Å². The zero-order valence-electron chi connectivity index (χ0n) is 14.4. The summed E-state index contributed by atoms with van der Waals surface area (Å²) < 4.78 is 5.41. The molecular formula is C17H27N4O3+. The van der Waals surface area contributed by atoms with Crippen LogP contribution in [-0.4, -0.2) is 64.7 Å². The molecule has 24 heavy (non-hydrogen) atoms. The van der Waals surface area contributed by atoms with E-state index in [4.69, 9.17) is 4.74 Å². The van der Waals surface area contributed by atoms with E-state index in [1.807, 2.05) is 25.1 Å². The van der Waals surface area contributed by atoms with Crippen LogP contribution in [0.4, 0.5) is 5.69 Å². The van der Waals surface area contributed by atoms with Gasteiger partial charge in [-0.1, -0.05) is 12.1 Å². The van der Waals surface area contributed by atoms with E-state index in [1.165, 1.54) is 4.90 Å². The van der Waals surface area contributed by atoms with Crippen molar-refractivity contribution in [2.45, 2.75) is 6.92 Å². The van der Waals surface area contributed by atoms with Crippen LogP contribution in [0.25, 0.3) is 0 Å². The molecule has 7 heteroatoms. The molecule has 0 saturated carbocycles. The number of carbonyl (C=O) groups is 2. The first-order valence-corrected chi connectivity index (χ1v) is 8.39. The second-order valence-corrected chi connectivity index (χ2v) is 5.82. The average Bonchev–Trinajstić information content (AvgIpc) is 2.61. The first kappa shape index (κ1) is 18.1. The molecule has 1 aromatic rings. The lowest BCUT2D eigenvalue weighted by Gasteiger charge is -2.33. The molecule has 1 fully saturated rings. The van der Waals surface area contributed by atoms with Gasteiger partial charge in [0.2, 0.25) is 5.91 Å². The molecule has 132 valence electrons. The second kappa shape index (κ2) is 9.12. The lowest BCUT2D eigenvalue weighted by molar-refractivity contribution is -0.892. The van der Waals surface area contributed by atoms with Gasteiger partial charge >= 0.3 is 0 Å². The van der Waals surface area contributed by atoms with Crippen molar-refractivity contribution >= 4 is 17.5 Å². The van der Waals surface area contributed by atoms with Gasteiger partial charge in [0.1, 0.15) is 5.75 Å². The number of methoxy groups -OCH3 is 1. The van der Waals surface area contributed by atoms with Crippen molar-refractivity contribution < 1.29 is 19.2 Å². The highest BCUT2D eigenvalue weighted by molar-refractivity contribution is 5.84. The lowest BCUT2D eigenvalue weighted by atomic mass is 10.2. The first-order valence-electron chi connectivity index (χ1n) is 8.39. The molecule has 7 nitrogen and oxygen atoms in total. The van der Waals surface area contributed by atoms with Crippen molar-refractivity contribution in [2.24, 2.45) is 0 Å². The van der Waals surface area contributed by atoms with Crippen molar-refractivity contribution in [3.8, 4) is 5.75 Å². The van der Waals surface area contributed by atoms with Gasteiger partial charge in [-0.15, -0.1) is 0 Å². The van der Waals surface area contributed by atoms with Crippen LogP contribution in [0.2, 0.25) is 0 Å². The smallest absolute Gasteiger partial charge is 0.275 e. The van der Waals surface area contributed by atoms with Gasteiger partial charge in [-0.3, -0.25) is 9.59 Å². The maximum absolute atomic E-state index is 11.9. The second-order valence-electron chi connectivity index (χ2n) is 5.82. The summed E-state index contributed by atoms with van der Waals surface area (Å²) in [5, 5.41) is 5.33. The number of amides is 2. The van der Waals surface area contributed by atoms with Crippen LogP contribution in [0, 0.1) is 0 Å². The van der Waals surface area contributed by atoms with Crippen LogP contribution in [0.1, 0.15) is 6.92 Å². The Bertz CT molecular complexity index is 557. The summed E-state index contributed by atoms with van der Waals surface area (Å²) in [4.78, 5) is 26.8. The molecule has 3 N–H and O–H groups in total. The number of piperazine rings is 1. The minimum Gasteiger partial charge on any atom is -0.495 e. The summed E-state index contributed by atoms with van der Waals surface area (Å²) in [6.07, 6.45) is 0. The number of nitrogens with zero attached hydrogens (tertiary/aromatic N) is 1. The number of carbonyl (C=O) groups excluding carboxylic acids is 2. The Morgan fingerprint density at radius 1 is 1.17 bits per heavy atom. The number of nitrogens with one attached hydrogen (secondary N) is 3. The Morgan fingerprint density at radius 3 is 2.54 bits per heavy atom. The molecule has 2 rings (SSSR count). The number of anilines is 1. The fourth-order valence-electron chi connectivity index (χ4n) is 2.86. The number of ether oxygens (including phenoxy) is 1. The van der Waals surface area contributed by atoms with Crippen LogP contribution in [0.15, 0.2) is 24.3 Å². The van der Waals surface area contributed by atoms with Gasteiger partial charge in [-0.2, -0.15) is 0 Å². The molecule has 1 aliphatic rings. The summed E-state index contributed by atoms with van der Waals surface area (Å²) >= 11 is 0. The van der Waals surface area contributed by atoms with Gasteiger partial charge in [-0.25, -0.2) is 0 Å². The molecule has 1 saturated heterocycles. The molecule has 1 aromatic carbocycles. The molecule has 0 aromatic heterocycles. The minimum absolute atomic E-state index is 0.0489. The Labute approximate surface area is 142 Å². The minimum atomic E-state index is -0.151. The van der Waals surface area contributed by atoms with E-state index in [0.717, 1.165) is 37.6 Å². The third-order valence-electron chi connectivity index (χ3n) is 4.13. The van der Waals surface area contributed by atoms with E-state index in [2.05, 4.69) is 21.6 Å². The highest BCUT2D eigenvalue weighted by atomic mass is 16.5. The Balaban J connectivity index is 1.76. The Morgan fingerprint density at radius 2 is 1.88 bits per heavy atom. The first-order chi connectivity index (χ1) is 11.6. The number of quaternary nitrogens is 1. The highest BCUT2D eigenvalue weighted by Crippen LogP contribution is 2.27. The molecular weight excluding hydrogens is 308 g/mol. The van der Waals surface area contributed by atoms with Crippen LogP contribution in [0.3, 0.4) is 0 Å². The average molecular weight is 335 g/mol. The van der Waals surface area contributed by atoms with Crippen molar-refractivity contribution in [1.29, 1.82) is 0 Å². The fourth-order valence-corrected chi connectivity index (χ4v) is 2.86. The van der Waals surface area contributed by atoms with E-state index in [0.29, 0.717) is 13.1 Å². The van der Waals surface area contributed by atoms with Crippen molar-refractivity contribution in [2.75, 3.05) is 57.8 Å². The molecule has 0 radical (unpaired) electrons. The molecule has 2 amide bonds. The van der Waals surface area contributed by atoms with E-state index in [9.17, 15) is 9.59 Å². The van der Waals surface area contributed by atoms with E-state index >= 15 is 0 Å². The zero-order chi connectivity index (χ0) is 17.4. The predicted molar refractivity (Wildman–Crippen MR) is 92.5 cm³/mol. The van der Waals surface area contributed by atoms with Gasteiger partial charge in [0.05, 0.1) is 45.5 Å². The maximum atomic E-state index is 11.9. The summed E-state index contributed by atoms with van der Waals surface area (Å²) in [5.41, 5.74) is 1.10. The quantitative estimate of drug-likeness (QED) is 0.576. The number of likely N-dealkylation sites (N-methyl/N-ethyl adjacent to an activating group) is 1. The number of benzene rings is 1. The summed E-state index contributed by atoms with van der Waals surface area (Å²) in [7, 11) is 1.68. The monoisotopic (exact) mass is 335 g/mol. The van der Waals surface area contributed by atoms with Crippen molar-refractivity contribution in [3.63, 3.8) is 0 Å². The summed E-state index contributed by atoms with van der Waals surface area (Å²) in [6, 6.07) is 7.99. The zero-order valence-corrected chi connectivity index (χ0v) is 14.4. The van der Waals surface area contributed by atoms with Gasteiger partial charge in [-0.05, 0) is 19.1 Å². The fraction of sp³-hybridized carbons (Fsp3) is 0.529. The molecule has 0 spiro atoms. The van der Waals surface area contributed by atoms with Crippen LogP contribution >= 0.6 is 0 Å². The highest BCUT2D eigenvalue weighted by Gasteiger charge is 2.23. The Hall–Kier alpha value is -2.28. The van der Waals surface area contributed by atoms with E-state index in [-0.39, 0.29) is 18.4 Å². The number of hydrogen-bond donors (Lipinski definition) is 3. The number of hydrogen-bond acceptors (Lipinski definition) is 4.